The number of amides is 1. The van der Waals surface area contributed by atoms with Crippen LogP contribution in [0.4, 0.5) is 17.6 Å². The predicted octanol–water partition coefficient (Wildman–Crippen LogP) is 2.50. The van der Waals surface area contributed by atoms with Crippen molar-refractivity contribution in [2.75, 3.05) is 26.2 Å². The number of carbonyl (C=O) groups is 1. The van der Waals surface area contributed by atoms with Crippen molar-refractivity contribution in [3.63, 3.8) is 0 Å². The van der Waals surface area contributed by atoms with Crippen molar-refractivity contribution < 1.29 is 22.4 Å². The van der Waals surface area contributed by atoms with Crippen LogP contribution in [0, 0.1) is 5.92 Å². The molecule has 3 rings (SSSR count). The molecule has 1 amide bonds. The Morgan fingerprint density at radius 1 is 1.12 bits per heavy atom. The first-order valence-electron chi connectivity index (χ1n) is 15.5. The summed E-state index contributed by atoms with van der Waals surface area (Å²) in [5, 5.41) is 11.9. The number of halogens is 4. The Labute approximate surface area is 242 Å². The van der Waals surface area contributed by atoms with E-state index >= 15 is 0 Å². The van der Waals surface area contributed by atoms with Crippen molar-refractivity contribution in [3.8, 4) is 0 Å². The highest BCUT2D eigenvalue weighted by Gasteiger charge is 2.56. The largest absolute Gasteiger partial charge is 0.417 e. The third-order valence-electron chi connectivity index (χ3n) is 8.98. The number of aliphatic imine (C=N–C) groups is 1. The summed E-state index contributed by atoms with van der Waals surface area (Å²) in [5.41, 5.74) is 11.3. The minimum absolute atomic E-state index is 0.0626. The third kappa shape index (κ3) is 8.82. The van der Waals surface area contributed by atoms with E-state index in [1.165, 1.54) is 4.90 Å². The fraction of sp³-hybridized carbons (Fsp3) is 0.929. The summed E-state index contributed by atoms with van der Waals surface area (Å²) in [6.07, 6.45) is 1.62. The van der Waals surface area contributed by atoms with Crippen LogP contribution >= 0.6 is 0 Å². The highest BCUT2D eigenvalue weighted by molar-refractivity contribution is 5.81. The second-order valence-electron chi connectivity index (χ2n) is 11.9. The van der Waals surface area contributed by atoms with E-state index in [0.717, 1.165) is 51.4 Å². The maximum absolute atomic E-state index is 14.7. The molecule has 0 aromatic carbocycles. The van der Waals surface area contributed by atoms with Gasteiger partial charge in [0.15, 0.2) is 6.17 Å². The van der Waals surface area contributed by atoms with Gasteiger partial charge in [-0.1, -0.05) is 65.2 Å². The topological polar surface area (TPSA) is 133 Å². The minimum atomic E-state index is -4.47. The van der Waals surface area contributed by atoms with E-state index in [2.05, 4.69) is 40.1 Å². The summed E-state index contributed by atoms with van der Waals surface area (Å²) < 4.78 is 57.2. The Bertz CT molecular complexity index is 831. The Hall–Kier alpha value is -1.38. The zero-order valence-electron chi connectivity index (χ0n) is 24.7. The number of unbranched alkanes of at least 4 members (excludes halogenated alkanes) is 6. The molecule has 3 aliphatic rings. The molecular formula is C28H52F4N8O. The standard InChI is InChI=1S/C28H52F4N8O/c1-3-5-7-8-10-12-27(40-16-15-36-26(40)28(30,31)32)13-14-35-18-21(27)39-25(41)22(23(33)34)24-37-17-19(29)20(38-24)11-9-6-4-2/h14,19-24,26,36-38H,3-13,15-18,33-34H2,1-2H3,(H,39,41). The van der Waals surface area contributed by atoms with Crippen molar-refractivity contribution in [2.45, 2.75) is 133 Å². The monoisotopic (exact) mass is 592 g/mol. The highest BCUT2D eigenvalue weighted by Crippen LogP contribution is 2.39. The van der Waals surface area contributed by atoms with Crippen LogP contribution in [0.2, 0.25) is 0 Å². The highest BCUT2D eigenvalue weighted by atomic mass is 19.4. The van der Waals surface area contributed by atoms with Gasteiger partial charge < -0.3 is 16.8 Å². The minimum Gasteiger partial charge on any atom is -0.349 e. The van der Waals surface area contributed by atoms with E-state index in [-0.39, 0.29) is 26.2 Å². The van der Waals surface area contributed by atoms with E-state index in [1.54, 1.807) is 6.21 Å². The molecule has 0 spiro atoms. The number of nitrogens with zero attached hydrogens (tertiary/aromatic N) is 2. The summed E-state index contributed by atoms with van der Waals surface area (Å²) in [7, 11) is 0. The lowest BCUT2D eigenvalue weighted by Gasteiger charge is -2.51. The van der Waals surface area contributed by atoms with E-state index in [0.29, 0.717) is 19.3 Å². The van der Waals surface area contributed by atoms with Gasteiger partial charge in [0.25, 0.3) is 0 Å². The molecular weight excluding hydrogens is 540 g/mol. The maximum Gasteiger partial charge on any atom is 0.417 e. The number of alkyl halides is 4. The quantitative estimate of drug-likeness (QED) is 0.0978. The number of carbonyl (C=O) groups excluding carboxylic acids is 1. The third-order valence-corrected chi connectivity index (χ3v) is 8.98. The summed E-state index contributed by atoms with van der Waals surface area (Å²) in [4.78, 5) is 19.7. The molecule has 0 saturated carbocycles. The van der Waals surface area contributed by atoms with Crippen molar-refractivity contribution >= 4 is 12.1 Å². The number of nitrogens with two attached hydrogens (primary N) is 2. The molecule has 0 radical (unpaired) electrons. The predicted molar refractivity (Wildman–Crippen MR) is 154 cm³/mol. The smallest absolute Gasteiger partial charge is 0.349 e. The summed E-state index contributed by atoms with van der Waals surface area (Å²) >= 11 is 0. The van der Waals surface area contributed by atoms with Crippen LogP contribution < -0.4 is 32.7 Å². The Morgan fingerprint density at radius 3 is 2.51 bits per heavy atom. The Kier molecular flexibility index (Phi) is 13.2. The first kappa shape index (κ1) is 34.1. The molecule has 0 bridgehead atoms. The molecule has 2 saturated heterocycles. The Morgan fingerprint density at radius 2 is 1.83 bits per heavy atom. The first-order valence-corrected chi connectivity index (χ1v) is 15.5. The molecule has 2 fully saturated rings. The number of nitrogens with one attached hydrogen (secondary N) is 4. The van der Waals surface area contributed by atoms with Crippen LogP contribution in [0.15, 0.2) is 4.99 Å². The number of hydrogen-bond acceptors (Lipinski definition) is 8. The number of hydrogen-bond donors (Lipinski definition) is 6. The fourth-order valence-electron chi connectivity index (χ4n) is 6.70. The SMILES string of the molecule is CCCCCCCC1(N2CCNC2C(F)(F)F)CC=NCC1NC(=O)C(C(N)N)C1NCC(F)C(CCCCC)N1. The van der Waals surface area contributed by atoms with Crippen LogP contribution in [0.25, 0.3) is 0 Å². The molecule has 7 unspecified atom stereocenters. The lowest BCUT2D eigenvalue weighted by Crippen LogP contribution is -2.71. The van der Waals surface area contributed by atoms with Gasteiger partial charge in [0, 0.05) is 43.9 Å². The van der Waals surface area contributed by atoms with Gasteiger partial charge in [0.2, 0.25) is 5.91 Å². The molecule has 238 valence electrons. The van der Waals surface area contributed by atoms with Crippen molar-refractivity contribution in [1.29, 1.82) is 0 Å². The van der Waals surface area contributed by atoms with Gasteiger partial charge in [-0.15, -0.1) is 0 Å². The van der Waals surface area contributed by atoms with Crippen molar-refractivity contribution in [3.05, 3.63) is 0 Å². The van der Waals surface area contributed by atoms with Crippen LogP contribution in [-0.2, 0) is 4.79 Å². The molecule has 0 aliphatic carbocycles. The summed E-state index contributed by atoms with van der Waals surface area (Å²) in [6, 6.07) is -1.11. The average molecular weight is 593 g/mol. The normalized spacial score (nSPS) is 32.0. The molecule has 3 heterocycles. The van der Waals surface area contributed by atoms with E-state index in [9.17, 15) is 22.4 Å². The van der Waals surface area contributed by atoms with Gasteiger partial charge in [0.05, 0.1) is 30.8 Å². The lowest BCUT2D eigenvalue weighted by atomic mass is 9.77. The van der Waals surface area contributed by atoms with Crippen LogP contribution in [0.1, 0.15) is 84.5 Å². The lowest BCUT2D eigenvalue weighted by molar-refractivity contribution is -0.198. The molecule has 41 heavy (non-hydrogen) atoms. The summed E-state index contributed by atoms with van der Waals surface area (Å²) in [6.45, 7) is 4.83. The molecule has 9 nitrogen and oxygen atoms in total. The molecule has 7 atom stereocenters. The second kappa shape index (κ2) is 15.9. The van der Waals surface area contributed by atoms with Crippen molar-refractivity contribution in [1.82, 2.24) is 26.2 Å². The van der Waals surface area contributed by atoms with Crippen LogP contribution in [0.3, 0.4) is 0 Å². The van der Waals surface area contributed by atoms with Crippen molar-refractivity contribution in [2.24, 2.45) is 22.4 Å². The van der Waals surface area contributed by atoms with E-state index in [1.807, 2.05) is 0 Å². The molecule has 3 aliphatic heterocycles. The second-order valence-corrected chi connectivity index (χ2v) is 11.9. The number of rotatable bonds is 15. The zero-order chi connectivity index (χ0) is 30.0. The van der Waals surface area contributed by atoms with Gasteiger partial charge in [-0.25, -0.2) is 4.39 Å². The molecule has 0 aromatic rings. The molecule has 8 N–H and O–H groups in total. The van der Waals surface area contributed by atoms with E-state index in [4.69, 9.17) is 11.5 Å². The zero-order valence-corrected chi connectivity index (χ0v) is 24.7. The molecule has 0 aromatic heterocycles. The van der Waals surface area contributed by atoms with Gasteiger partial charge in [-0.3, -0.25) is 30.6 Å². The summed E-state index contributed by atoms with van der Waals surface area (Å²) in [5.74, 6) is -1.43. The average Bonchev–Trinajstić information content (AvgIpc) is 3.43. The maximum atomic E-state index is 14.7. The van der Waals surface area contributed by atoms with Gasteiger partial charge in [-0.2, -0.15) is 13.2 Å². The van der Waals surface area contributed by atoms with Gasteiger partial charge in [-0.05, 0) is 12.8 Å². The van der Waals surface area contributed by atoms with Gasteiger partial charge >= 0.3 is 6.18 Å². The van der Waals surface area contributed by atoms with E-state index < -0.39 is 60.3 Å². The Balaban J connectivity index is 1.83. The van der Waals surface area contributed by atoms with Crippen LogP contribution in [0.5, 0.6) is 0 Å². The fourth-order valence-corrected chi connectivity index (χ4v) is 6.70. The first-order chi connectivity index (χ1) is 19.5. The molecule has 13 heteroatoms. The van der Waals surface area contributed by atoms with Gasteiger partial charge in [0.1, 0.15) is 6.17 Å². The van der Waals surface area contributed by atoms with Crippen LogP contribution in [-0.4, -0.2) is 91.7 Å².